The standard InChI is InChI=1S/C30H25N3O4S2/c1-4-37-19-15-13-18(14-16-19)33-29(38)25-22-11-7-8-12-23(22)32(30(2,3)26(25)39-33)24(34)17-31-27(35)20-9-5-6-10-21(20)28(31)36/h5-16H,4,17H2,1-3H3. The third-order valence-corrected chi connectivity index (χ3v) is 9.10. The third-order valence-electron chi connectivity index (χ3n) is 7.14. The van der Waals surface area contributed by atoms with E-state index >= 15 is 0 Å². The predicted octanol–water partition coefficient (Wildman–Crippen LogP) is 6.21. The SMILES string of the molecule is CCOc1ccc(-n2sc3c(c2=S)-c2ccccc2N(C(=O)CN2C(=O)c4ccccc4C2=O)C3(C)C)cc1. The molecule has 196 valence electrons. The molecule has 2 aliphatic rings. The second-order valence-electron chi connectivity index (χ2n) is 9.87. The maximum atomic E-state index is 14.0. The zero-order valence-corrected chi connectivity index (χ0v) is 23.3. The van der Waals surface area contributed by atoms with Crippen LogP contribution >= 0.6 is 23.8 Å². The number of imide groups is 1. The number of ether oxygens (including phenoxy) is 1. The van der Waals surface area contributed by atoms with Crippen molar-refractivity contribution in [1.82, 2.24) is 8.86 Å². The summed E-state index contributed by atoms with van der Waals surface area (Å²) in [6, 6.07) is 22.0. The van der Waals surface area contributed by atoms with Crippen molar-refractivity contribution in [1.29, 1.82) is 0 Å². The average molecular weight is 556 g/mol. The maximum absolute atomic E-state index is 14.0. The van der Waals surface area contributed by atoms with Crippen molar-refractivity contribution >= 4 is 47.2 Å². The van der Waals surface area contributed by atoms with Crippen molar-refractivity contribution in [3.05, 3.63) is 93.4 Å². The minimum Gasteiger partial charge on any atom is -0.494 e. The lowest BCUT2D eigenvalue weighted by atomic mass is 9.87. The Balaban J connectivity index is 1.41. The summed E-state index contributed by atoms with van der Waals surface area (Å²) in [5.41, 5.74) is 3.19. The van der Waals surface area contributed by atoms with Crippen LogP contribution in [0.3, 0.4) is 0 Å². The van der Waals surface area contributed by atoms with Gasteiger partial charge in [-0.15, -0.1) is 0 Å². The van der Waals surface area contributed by atoms with E-state index in [0.29, 0.717) is 28.1 Å². The highest BCUT2D eigenvalue weighted by atomic mass is 32.1. The maximum Gasteiger partial charge on any atom is 0.262 e. The number of hydrogen-bond donors (Lipinski definition) is 0. The number of aromatic nitrogens is 1. The molecule has 0 atom stereocenters. The van der Waals surface area contributed by atoms with Gasteiger partial charge in [0.25, 0.3) is 11.8 Å². The summed E-state index contributed by atoms with van der Waals surface area (Å²) in [6.07, 6.45) is 0. The van der Waals surface area contributed by atoms with Crippen LogP contribution < -0.4 is 9.64 Å². The summed E-state index contributed by atoms with van der Waals surface area (Å²) >= 11 is 7.48. The van der Waals surface area contributed by atoms with Crippen molar-refractivity contribution < 1.29 is 19.1 Å². The molecule has 9 heteroatoms. The summed E-state index contributed by atoms with van der Waals surface area (Å²) in [7, 11) is 0. The number of anilines is 1. The molecule has 6 rings (SSSR count). The van der Waals surface area contributed by atoms with Crippen molar-refractivity contribution in [2.24, 2.45) is 0 Å². The molecule has 4 aromatic rings. The first-order valence-electron chi connectivity index (χ1n) is 12.6. The van der Waals surface area contributed by atoms with E-state index < -0.39 is 17.4 Å². The molecule has 3 amide bonds. The quantitative estimate of drug-likeness (QED) is 0.216. The van der Waals surface area contributed by atoms with Gasteiger partial charge < -0.3 is 4.74 Å². The zero-order chi connectivity index (χ0) is 27.5. The first kappa shape index (κ1) is 25.2. The summed E-state index contributed by atoms with van der Waals surface area (Å²) in [5, 5.41) is 0. The summed E-state index contributed by atoms with van der Waals surface area (Å²) < 4.78 is 8.24. The fraction of sp³-hybridized carbons (Fsp3) is 0.200. The van der Waals surface area contributed by atoms with Crippen molar-refractivity contribution in [3.8, 4) is 22.6 Å². The van der Waals surface area contributed by atoms with E-state index in [0.717, 1.165) is 32.3 Å². The fourth-order valence-electron chi connectivity index (χ4n) is 5.36. The molecule has 2 aliphatic heterocycles. The average Bonchev–Trinajstić information content (AvgIpc) is 3.40. The smallest absolute Gasteiger partial charge is 0.262 e. The van der Waals surface area contributed by atoms with E-state index in [-0.39, 0.29) is 12.5 Å². The predicted molar refractivity (Wildman–Crippen MR) is 153 cm³/mol. The van der Waals surface area contributed by atoms with Crippen LogP contribution in [0, 0.1) is 4.64 Å². The van der Waals surface area contributed by atoms with E-state index in [4.69, 9.17) is 17.0 Å². The van der Waals surface area contributed by atoms with Gasteiger partial charge in [-0.2, -0.15) is 0 Å². The second-order valence-corrected chi connectivity index (χ2v) is 11.2. The molecule has 0 bridgehead atoms. The largest absolute Gasteiger partial charge is 0.494 e. The molecular weight excluding hydrogens is 530 g/mol. The Morgan fingerprint density at radius 2 is 1.49 bits per heavy atom. The Hall–Kier alpha value is -4.08. The van der Waals surface area contributed by atoms with E-state index in [1.807, 2.05) is 73.3 Å². The summed E-state index contributed by atoms with van der Waals surface area (Å²) in [6.45, 7) is 6.11. The lowest BCUT2D eigenvalue weighted by molar-refractivity contribution is -0.120. The fourth-order valence-corrected chi connectivity index (χ4v) is 7.05. The van der Waals surface area contributed by atoms with Crippen LogP contribution in [0.25, 0.3) is 16.8 Å². The Kier molecular flexibility index (Phi) is 6.00. The molecule has 0 N–H and O–H groups in total. The molecule has 0 saturated carbocycles. The van der Waals surface area contributed by atoms with Crippen LogP contribution in [-0.4, -0.2) is 39.7 Å². The number of amides is 3. The first-order chi connectivity index (χ1) is 18.7. The van der Waals surface area contributed by atoms with E-state index in [1.54, 1.807) is 29.2 Å². The molecule has 0 aliphatic carbocycles. The molecule has 1 aromatic heterocycles. The number of carbonyl (C=O) groups is 3. The van der Waals surface area contributed by atoms with Crippen LogP contribution in [0.1, 0.15) is 46.4 Å². The zero-order valence-electron chi connectivity index (χ0n) is 21.6. The third kappa shape index (κ3) is 3.84. The van der Waals surface area contributed by atoms with Crippen molar-refractivity contribution in [3.63, 3.8) is 0 Å². The van der Waals surface area contributed by atoms with Gasteiger partial charge in [0, 0.05) is 11.1 Å². The Morgan fingerprint density at radius 1 is 0.897 bits per heavy atom. The van der Waals surface area contributed by atoms with Gasteiger partial charge in [-0.25, -0.2) is 0 Å². The number of nitrogens with zero attached hydrogens (tertiary/aromatic N) is 3. The van der Waals surface area contributed by atoms with Crippen LogP contribution in [0.4, 0.5) is 5.69 Å². The van der Waals surface area contributed by atoms with E-state index in [2.05, 4.69) is 0 Å². The van der Waals surface area contributed by atoms with Gasteiger partial charge in [-0.3, -0.25) is 28.1 Å². The lowest BCUT2D eigenvalue weighted by Crippen LogP contribution is -2.52. The second kappa shape index (κ2) is 9.29. The minimum absolute atomic E-state index is 0.321. The highest BCUT2D eigenvalue weighted by Crippen LogP contribution is 2.51. The Labute approximate surface area is 235 Å². The van der Waals surface area contributed by atoms with Crippen molar-refractivity contribution in [2.45, 2.75) is 26.3 Å². The van der Waals surface area contributed by atoms with Gasteiger partial charge in [0.15, 0.2) is 0 Å². The summed E-state index contributed by atoms with van der Waals surface area (Å²) in [5.74, 6) is -0.473. The molecule has 0 fully saturated rings. The van der Waals surface area contributed by atoms with Crippen LogP contribution in [-0.2, 0) is 10.3 Å². The number of rotatable bonds is 5. The minimum atomic E-state index is -0.797. The van der Waals surface area contributed by atoms with Gasteiger partial charge in [0.2, 0.25) is 5.91 Å². The number of carbonyl (C=O) groups excluding carboxylic acids is 3. The molecule has 0 radical (unpaired) electrons. The Bertz CT molecular complexity index is 1680. The Morgan fingerprint density at radius 3 is 2.10 bits per heavy atom. The van der Waals surface area contributed by atoms with Crippen molar-refractivity contribution in [2.75, 3.05) is 18.1 Å². The van der Waals surface area contributed by atoms with Gasteiger partial charge in [0.05, 0.1) is 39.5 Å². The van der Waals surface area contributed by atoms with Crippen LogP contribution in [0.15, 0.2) is 72.8 Å². The van der Waals surface area contributed by atoms with Crippen LogP contribution in [0.2, 0.25) is 0 Å². The van der Waals surface area contributed by atoms with Gasteiger partial charge >= 0.3 is 0 Å². The molecule has 7 nitrogen and oxygen atoms in total. The van der Waals surface area contributed by atoms with Gasteiger partial charge in [0.1, 0.15) is 16.9 Å². The highest BCUT2D eigenvalue weighted by molar-refractivity contribution is 7.71. The molecule has 39 heavy (non-hydrogen) atoms. The molecule has 0 unspecified atom stereocenters. The molecular formula is C30H25N3O4S2. The molecule has 3 aromatic carbocycles. The monoisotopic (exact) mass is 555 g/mol. The van der Waals surface area contributed by atoms with E-state index in [1.165, 1.54) is 11.5 Å². The first-order valence-corrected chi connectivity index (χ1v) is 13.8. The number of fused-ring (bicyclic) bond motifs is 4. The molecule has 3 heterocycles. The normalized spacial score (nSPS) is 15.2. The van der Waals surface area contributed by atoms with Gasteiger partial charge in [-0.05, 0) is 63.2 Å². The van der Waals surface area contributed by atoms with Gasteiger partial charge in [-0.1, -0.05) is 54.1 Å². The summed E-state index contributed by atoms with van der Waals surface area (Å²) in [4.78, 5) is 43.7. The molecule has 0 saturated heterocycles. The topological polar surface area (TPSA) is 71.8 Å². The lowest BCUT2D eigenvalue weighted by Gasteiger charge is -2.43. The number of para-hydroxylation sites is 1. The van der Waals surface area contributed by atoms with E-state index in [9.17, 15) is 14.4 Å². The number of hydrogen-bond acceptors (Lipinski definition) is 6. The number of benzene rings is 3. The van der Waals surface area contributed by atoms with Crippen LogP contribution in [0.5, 0.6) is 5.75 Å². The molecule has 0 spiro atoms. The highest BCUT2D eigenvalue weighted by Gasteiger charge is 2.45.